The molecule has 0 amide bonds. The minimum Gasteiger partial charge on any atom is -0.369 e. The Balaban J connectivity index is 1.86. The lowest BCUT2D eigenvalue weighted by Gasteiger charge is -2.11. The minimum atomic E-state index is 0.638. The largest absolute Gasteiger partial charge is 0.369 e. The monoisotopic (exact) mass is 365 g/mol. The number of hydrogen-bond acceptors (Lipinski definition) is 4. The van der Waals surface area contributed by atoms with E-state index in [0.717, 1.165) is 46.6 Å². The Hall–Kier alpha value is -2.66. The first-order valence-corrected chi connectivity index (χ1v) is 9.15. The van der Waals surface area contributed by atoms with E-state index in [1.807, 2.05) is 42.5 Å². The quantitative estimate of drug-likeness (QED) is 0.537. The molecule has 0 saturated carbocycles. The Kier molecular flexibility index (Phi) is 4.47. The van der Waals surface area contributed by atoms with Gasteiger partial charge in [-0.2, -0.15) is 4.52 Å². The lowest BCUT2D eigenvalue weighted by atomic mass is 10.1. The Morgan fingerprint density at radius 1 is 1.08 bits per heavy atom. The van der Waals surface area contributed by atoms with Gasteiger partial charge in [0, 0.05) is 22.5 Å². The number of nitrogens with one attached hydrogen (secondary N) is 1. The van der Waals surface area contributed by atoms with Crippen LogP contribution in [0.4, 0.5) is 5.82 Å². The molecule has 0 bridgehead atoms. The van der Waals surface area contributed by atoms with E-state index in [4.69, 9.17) is 16.6 Å². The molecule has 26 heavy (non-hydrogen) atoms. The van der Waals surface area contributed by atoms with Crippen molar-refractivity contribution in [2.24, 2.45) is 5.92 Å². The molecule has 1 N–H and O–H groups in total. The number of fused-ring (bicyclic) bond motifs is 3. The maximum Gasteiger partial charge on any atom is 0.186 e. The summed E-state index contributed by atoms with van der Waals surface area (Å²) in [5.41, 5.74) is 3.41. The zero-order valence-corrected chi connectivity index (χ0v) is 15.5. The fourth-order valence-electron chi connectivity index (χ4n) is 2.97. The summed E-state index contributed by atoms with van der Waals surface area (Å²) in [4.78, 5) is 4.85. The van der Waals surface area contributed by atoms with Crippen LogP contribution in [0.15, 0.2) is 48.5 Å². The molecule has 6 heteroatoms. The van der Waals surface area contributed by atoms with Gasteiger partial charge in [0.15, 0.2) is 5.65 Å². The third-order valence-corrected chi connectivity index (χ3v) is 4.64. The molecule has 0 fully saturated rings. The van der Waals surface area contributed by atoms with Gasteiger partial charge < -0.3 is 5.32 Å². The molecule has 0 aliphatic rings. The van der Waals surface area contributed by atoms with Crippen molar-refractivity contribution in [3.8, 4) is 11.3 Å². The first-order valence-electron chi connectivity index (χ1n) is 8.77. The zero-order valence-electron chi connectivity index (χ0n) is 14.8. The third-order valence-electron chi connectivity index (χ3n) is 4.38. The Morgan fingerprint density at radius 2 is 1.85 bits per heavy atom. The molecule has 4 aromatic rings. The number of halogens is 1. The Morgan fingerprint density at radius 3 is 2.62 bits per heavy atom. The van der Waals surface area contributed by atoms with Crippen LogP contribution in [0.5, 0.6) is 0 Å². The van der Waals surface area contributed by atoms with Gasteiger partial charge in [0.05, 0.1) is 5.52 Å². The van der Waals surface area contributed by atoms with Crippen LogP contribution in [-0.4, -0.2) is 26.4 Å². The van der Waals surface area contributed by atoms with Gasteiger partial charge >= 0.3 is 0 Å². The van der Waals surface area contributed by atoms with Crippen LogP contribution in [0.1, 0.15) is 20.3 Å². The van der Waals surface area contributed by atoms with Crippen LogP contribution in [-0.2, 0) is 0 Å². The molecule has 2 aromatic carbocycles. The molecule has 5 nitrogen and oxygen atoms in total. The van der Waals surface area contributed by atoms with Crippen LogP contribution in [0.3, 0.4) is 0 Å². The first kappa shape index (κ1) is 16.8. The molecule has 2 heterocycles. The average molecular weight is 366 g/mol. The molecule has 4 rings (SSSR count). The summed E-state index contributed by atoms with van der Waals surface area (Å²) in [6.45, 7) is 5.31. The van der Waals surface area contributed by atoms with E-state index in [-0.39, 0.29) is 0 Å². The van der Waals surface area contributed by atoms with E-state index in [2.05, 4.69) is 35.5 Å². The van der Waals surface area contributed by atoms with E-state index >= 15 is 0 Å². The van der Waals surface area contributed by atoms with Crippen LogP contribution < -0.4 is 5.32 Å². The number of anilines is 1. The maximum atomic E-state index is 6.01. The van der Waals surface area contributed by atoms with Crippen LogP contribution in [0.25, 0.3) is 27.8 Å². The molecule has 0 aliphatic heterocycles. The molecule has 0 radical (unpaired) electrons. The number of benzene rings is 2. The molecule has 2 aromatic heterocycles. The van der Waals surface area contributed by atoms with E-state index < -0.39 is 0 Å². The topological polar surface area (TPSA) is 55.1 Å². The maximum absolute atomic E-state index is 6.01. The number of hydrogen-bond donors (Lipinski definition) is 1. The fourth-order valence-corrected chi connectivity index (χ4v) is 3.10. The lowest BCUT2D eigenvalue weighted by Crippen LogP contribution is -2.08. The molecule has 132 valence electrons. The summed E-state index contributed by atoms with van der Waals surface area (Å²) < 4.78 is 1.80. The Bertz CT molecular complexity index is 1050. The van der Waals surface area contributed by atoms with E-state index in [1.165, 1.54) is 0 Å². The van der Waals surface area contributed by atoms with Gasteiger partial charge in [-0.25, -0.2) is 4.98 Å². The first-order chi connectivity index (χ1) is 12.6. The summed E-state index contributed by atoms with van der Waals surface area (Å²) in [6, 6.07) is 15.7. The van der Waals surface area contributed by atoms with Crippen molar-refractivity contribution in [1.82, 2.24) is 19.8 Å². The zero-order chi connectivity index (χ0) is 18.1. The number of aromatic nitrogens is 4. The SMILES string of the molecule is CC(C)CCNc1nc2c(-c3ccc(Cl)cc3)nnn2c2ccccc12. The Labute approximate surface area is 157 Å². The number of nitrogens with zero attached hydrogens (tertiary/aromatic N) is 4. The molecular formula is C20H20ClN5. The highest BCUT2D eigenvalue weighted by Crippen LogP contribution is 2.28. The summed E-state index contributed by atoms with van der Waals surface area (Å²) in [5, 5.41) is 13.9. The van der Waals surface area contributed by atoms with Crippen molar-refractivity contribution < 1.29 is 0 Å². The average Bonchev–Trinajstić information content (AvgIpc) is 3.06. The van der Waals surface area contributed by atoms with E-state index in [0.29, 0.717) is 10.9 Å². The molecule has 0 saturated heterocycles. The van der Waals surface area contributed by atoms with Gasteiger partial charge in [0.25, 0.3) is 0 Å². The summed E-state index contributed by atoms with van der Waals surface area (Å²) in [5.74, 6) is 1.50. The van der Waals surface area contributed by atoms with Crippen molar-refractivity contribution >= 4 is 34.0 Å². The highest BCUT2D eigenvalue weighted by atomic mass is 35.5. The van der Waals surface area contributed by atoms with Crippen molar-refractivity contribution in [2.45, 2.75) is 20.3 Å². The molecule has 0 atom stereocenters. The van der Waals surface area contributed by atoms with Gasteiger partial charge in [-0.1, -0.05) is 54.9 Å². The predicted octanol–water partition coefficient (Wildman–Crippen LogP) is 5.06. The van der Waals surface area contributed by atoms with Crippen LogP contribution in [0, 0.1) is 5.92 Å². The molecular weight excluding hydrogens is 346 g/mol. The van der Waals surface area contributed by atoms with Crippen molar-refractivity contribution in [3.63, 3.8) is 0 Å². The summed E-state index contributed by atoms with van der Waals surface area (Å²) in [6.07, 6.45) is 1.09. The van der Waals surface area contributed by atoms with Crippen molar-refractivity contribution in [2.75, 3.05) is 11.9 Å². The lowest BCUT2D eigenvalue weighted by molar-refractivity contribution is 0.607. The molecule has 0 aliphatic carbocycles. The highest BCUT2D eigenvalue weighted by molar-refractivity contribution is 6.30. The van der Waals surface area contributed by atoms with Gasteiger partial charge in [-0.05, 0) is 36.6 Å². The number of para-hydroxylation sites is 1. The van der Waals surface area contributed by atoms with Crippen LogP contribution in [0.2, 0.25) is 5.02 Å². The van der Waals surface area contributed by atoms with Crippen molar-refractivity contribution in [3.05, 3.63) is 53.6 Å². The molecule has 0 unspecified atom stereocenters. The van der Waals surface area contributed by atoms with Gasteiger partial charge in [-0.15, -0.1) is 5.10 Å². The normalized spacial score (nSPS) is 11.5. The second-order valence-electron chi connectivity index (χ2n) is 6.77. The third kappa shape index (κ3) is 3.10. The standard InChI is InChI=1S/C20H20ClN5/c1-13(2)11-12-22-19-16-5-3-4-6-17(16)26-20(23-19)18(24-25-26)14-7-9-15(21)10-8-14/h3-10,13H,11-12H2,1-2H3,(H,22,23). The van der Waals surface area contributed by atoms with Crippen molar-refractivity contribution in [1.29, 1.82) is 0 Å². The minimum absolute atomic E-state index is 0.638. The van der Waals surface area contributed by atoms with Crippen LogP contribution >= 0.6 is 11.6 Å². The van der Waals surface area contributed by atoms with E-state index in [9.17, 15) is 0 Å². The smallest absolute Gasteiger partial charge is 0.186 e. The molecule has 0 spiro atoms. The highest BCUT2D eigenvalue weighted by Gasteiger charge is 2.15. The second-order valence-corrected chi connectivity index (χ2v) is 7.20. The predicted molar refractivity (Wildman–Crippen MR) is 107 cm³/mol. The second kappa shape index (κ2) is 6.92. The van der Waals surface area contributed by atoms with Gasteiger partial charge in [0.1, 0.15) is 11.5 Å². The van der Waals surface area contributed by atoms with Gasteiger partial charge in [-0.3, -0.25) is 0 Å². The summed E-state index contributed by atoms with van der Waals surface area (Å²) in [7, 11) is 0. The van der Waals surface area contributed by atoms with E-state index in [1.54, 1.807) is 4.52 Å². The summed E-state index contributed by atoms with van der Waals surface area (Å²) >= 11 is 6.01. The van der Waals surface area contributed by atoms with Gasteiger partial charge in [0.2, 0.25) is 0 Å². The fraction of sp³-hybridized carbons (Fsp3) is 0.250. The number of rotatable bonds is 5.